The smallest absolute Gasteiger partial charge is 0.143 e. The molecule has 0 aliphatic rings. The molecule has 2 aromatic rings. The quantitative estimate of drug-likeness (QED) is 0.632. The van der Waals surface area contributed by atoms with E-state index in [9.17, 15) is 0 Å². The van der Waals surface area contributed by atoms with Crippen molar-refractivity contribution in [2.24, 2.45) is 11.8 Å². The molecular formula is C14H19N5. The van der Waals surface area contributed by atoms with Crippen LogP contribution in [-0.4, -0.2) is 15.0 Å². The van der Waals surface area contributed by atoms with E-state index in [1.165, 1.54) is 0 Å². The Morgan fingerprint density at radius 1 is 1.21 bits per heavy atom. The molecule has 0 atom stereocenters. The highest BCUT2D eigenvalue weighted by Gasteiger charge is 2.07. The first kappa shape index (κ1) is 13.4. The minimum Gasteiger partial charge on any atom is -0.308 e. The minimum atomic E-state index is 0.545. The third-order valence-corrected chi connectivity index (χ3v) is 2.66. The molecule has 5 nitrogen and oxygen atoms in total. The second-order valence-corrected chi connectivity index (χ2v) is 4.90. The second kappa shape index (κ2) is 6.24. The van der Waals surface area contributed by atoms with E-state index in [2.05, 4.69) is 34.2 Å². The van der Waals surface area contributed by atoms with Crippen LogP contribution in [0.5, 0.6) is 0 Å². The molecule has 2 heterocycles. The number of hydrazine groups is 1. The number of hydrogen-bond acceptors (Lipinski definition) is 5. The van der Waals surface area contributed by atoms with Crippen LogP contribution in [0.1, 0.15) is 31.1 Å². The van der Waals surface area contributed by atoms with Crippen LogP contribution in [0.25, 0.3) is 0 Å². The molecule has 0 spiro atoms. The Kier molecular flexibility index (Phi) is 4.41. The molecule has 0 radical (unpaired) electrons. The fourth-order valence-electron chi connectivity index (χ4n) is 1.89. The molecule has 0 aromatic carbocycles. The maximum absolute atomic E-state index is 5.46. The van der Waals surface area contributed by atoms with Gasteiger partial charge in [0.05, 0.1) is 6.42 Å². The van der Waals surface area contributed by atoms with Gasteiger partial charge in [-0.25, -0.2) is 15.8 Å². The van der Waals surface area contributed by atoms with E-state index in [0.717, 1.165) is 23.6 Å². The summed E-state index contributed by atoms with van der Waals surface area (Å²) < 4.78 is 0. The molecule has 5 heteroatoms. The molecule has 0 fully saturated rings. The fourth-order valence-corrected chi connectivity index (χ4v) is 1.89. The number of nitrogen functional groups attached to an aromatic ring is 1. The second-order valence-electron chi connectivity index (χ2n) is 4.90. The van der Waals surface area contributed by atoms with Crippen molar-refractivity contribution in [2.45, 2.75) is 26.7 Å². The number of hydrogen-bond donors (Lipinski definition) is 2. The van der Waals surface area contributed by atoms with Crippen molar-refractivity contribution in [3.63, 3.8) is 0 Å². The number of pyridine rings is 1. The maximum atomic E-state index is 5.46. The maximum Gasteiger partial charge on any atom is 0.143 e. The predicted molar refractivity (Wildman–Crippen MR) is 75.4 cm³/mol. The summed E-state index contributed by atoms with van der Waals surface area (Å²) in [6.45, 7) is 4.33. The SMILES string of the molecule is CC(C)Cc1cc(NN)nc(Cc2ccccn2)n1. The van der Waals surface area contributed by atoms with Crippen molar-refractivity contribution >= 4 is 5.82 Å². The number of aromatic nitrogens is 3. The highest BCUT2D eigenvalue weighted by atomic mass is 15.3. The summed E-state index contributed by atoms with van der Waals surface area (Å²) in [7, 11) is 0. The average molecular weight is 257 g/mol. The highest BCUT2D eigenvalue weighted by molar-refractivity contribution is 5.35. The van der Waals surface area contributed by atoms with Crippen molar-refractivity contribution in [1.29, 1.82) is 0 Å². The van der Waals surface area contributed by atoms with E-state index in [4.69, 9.17) is 5.84 Å². The van der Waals surface area contributed by atoms with Crippen molar-refractivity contribution in [1.82, 2.24) is 15.0 Å². The van der Waals surface area contributed by atoms with Crippen LogP contribution in [0.4, 0.5) is 5.82 Å². The van der Waals surface area contributed by atoms with Crippen molar-refractivity contribution in [3.8, 4) is 0 Å². The summed E-state index contributed by atoms with van der Waals surface area (Å²) in [6.07, 6.45) is 3.29. The van der Waals surface area contributed by atoms with Crippen LogP contribution in [0.3, 0.4) is 0 Å². The lowest BCUT2D eigenvalue weighted by Crippen LogP contribution is -2.13. The lowest BCUT2D eigenvalue weighted by Gasteiger charge is -2.09. The van der Waals surface area contributed by atoms with E-state index in [1.54, 1.807) is 6.20 Å². The molecule has 100 valence electrons. The van der Waals surface area contributed by atoms with Gasteiger partial charge in [0.1, 0.15) is 11.6 Å². The molecule has 0 aliphatic carbocycles. The van der Waals surface area contributed by atoms with Gasteiger partial charge in [0.2, 0.25) is 0 Å². The first-order valence-corrected chi connectivity index (χ1v) is 6.40. The van der Waals surface area contributed by atoms with Crippen LogP contribution in [0.2, 0.25) is 0 Å². The largest absolute Gasteiger partial charge is 0.308 e. The summed E-state index contributed by atoms with van der Waals surface area (Å²) in [5, 5.41) is 0. The standard InChI is InChI=1S/C14H19N5/c1-10(2)7-12-9-14(19-15)18-13(17-12)8-11-5-3-4-6-16-11/h3-6,9-10H,7-8,15H2,1-2H3,(H,17,18,19). The van der Waals surface area contributed by atoms with Crippen LogP contribution >= 0.6 is 0 Å². The van der Waals surface area contributed by atoms with E-state index in [1.807, 2.05) is 24.3 Å². The molecule has 2 aromatic heterocycles. The number of rotatable bonds is 5. The van der Waals surface area contributed by atoms with Crippen molar-refractivity contribution in [3.05, 3.63) is 47.7 Å². The predicted octanol–water partition coefficient (Wildman–Crippen LogP) is 1.95. The number of anilines is 1. The Morgan fingerprint density at radius 2 is 2.05 bits per heavy atom. The summed E-state index contributed by atoms with van der Waals surface area (Å²) >= 11 is 0. The van der Waals surface area contributed by atoms with Gasteiger partial charge < -0.3 is 5.43 Å². The Bertz CT molecular complexity index is 525. The third-order valence-electron chi connectivity index (χ3n) is 2.66. The Balaban J connectivity index is 2.24. The van der Waals surface area contributed by atoms with E-state index in [0.29, 0.717) is 18.2 Å². The average Bonchev–Trinajstić information content (AvgIpc) is 2.38. The van der Waals surface area contributed by atoms with Gasteiger partial charge >= 0.3 is 0 Å². The van der Waals surface area contributed by atoms with Crippen molar-refractivity contribution < 1.29 is 0 Å². The zero-order chi connectivity index (χ0) is 13.7. The summed E-state index contributed by atoms with van der Waals surface area (Å²) in [6, 6.07) is 7.71. The zero-order valence-corrected chi connectivity index (χ0v) is 11.3. The molecule has 0 aliphatic heterocycles. The first-order valence-electron chi connectivity index (χ1n) is 6.40. The van der Waals surface area contributed by atoms with Gasteiger partial charge in [0.25, 0.3) is 0 Å². The summed E-state index contributed by atoms with van der Waals surface area (Å²) in [5.74, 6) is 7.39. The number of nitrogens with two attached hydrogens (primary N) is 1. The molecule has 2 rings (SSSR count). The minimum absolute atomic E-state index is 0.545. The normalized spacial score (nSPS) is 10.7. The van der Waals surface area contributed by atoms with E-state index in [-0.39, 0.29) is 0 Å². The van der Waals surface area contributed by atoms with Gasteiger partial charge in [-0.3, -0.25) is 4.98 Å². The summed E-state index contributed by atoms with van der Waals surface area (Å²) in [5.41, 5.74) is 4.55. The molecule has 19 heavy (non-hydrogen) atoms. The van der Waals surface area contributed by atoms with Crippen LogP contribution in [0, 0.1) is 5.92 Å². The summed E-state index contributed by atoms with van der Waals surface area (Å²) in [4.78, 5) is 13.2. The van der Waals surface area contributed by atoms with Crippen LogP contribution in [-0.2, 0) is 12.8 Å². The van der Waals surface area contributed by atoms with Crippen LogP contribution < -0.4 is 11.3 Å². The first-order chi connectivity index (χ1) is 9.17. The van der Waals surface area contributed by atoms with Gasteiger partial charge in [-0.05, 0) is 24.5 Å². The Labute approximate surface area is 113 Å². The lowest BCUT2D eigenvalue weighted by molar-refractivity contribution is 0.631. The molecule has 3 N–H and O–H groups in total. The Morgan fingerprint density at radius 3 is 2.68 bits per heavy atom. The van der Waals surface area contributed by atoms with Gasteiger partial charge in [0.15, 0.2) is 0 Å². The molecule has 0 bridgehead atoms. The number of nitrogens with one attached hydrogen (secondary N) is 1. The van der Waals surface area contributed by atoms with E-state index >= 15 is 0 Å². The molecule has 0 saturated carbocycles. The molecule has 0 unspecified atom stereocenters. The molecule has 0 amide bonds. The van der Waals surface area contributed by atoms with E-state index < -0.39 is 0 Å². The van der Waals surface area contributed by atoms with Gasteiger partial charge in [-0.15, -0.1) is 0 Å². The Hall–Kier alpha value is -2.01. The highest BCUT2D eigenvalue weighted by Crippen LogP contribution is 2.12. The lowest BCUT2D eigenvalue weighted by atomic mass is 10.1. The van der Waals surface area contributed by atoms with Crippen molar-refractivity contribution in [2.75, 3.05) is 5.43 Å². The molecular weight excluding hydrogens is 238 g/mol. The monoisotopic (exact) mass is 257 g/mol. The topological polar surface area (TPSA) is 76.7 Å². The number of nitrogens with zero attached hydrogens (tertiary/aromatic N) is 3. The van der Waals surface area contributed by atoms with Gasteiger partial charge in [-0.1, -0.05) is 19.9 Å². The van der Waals surface area contributed by atoms with Gasteiger partial charge in [0, 0.05) is 23.7 Å². The fraction of sp³-hybridized carbons (Fsp3) is 0.357. The van der Waals surface area contributed by atoms with Gasteiger partial charge in [-0.2, -0.15) is 0 Å². The molecule has 0 saturated heterocycles. The van der Waals surface area contributed by atoms with Crippen LogP contribution in [0.15, 0.2) is 30.5 Å². The zero-order valence-electron chi connectivity index (χ0n) is 11.3. The third kappa shape index (κ3) is 3.99.